The Balaban J connectivity index is 1.56. The van der Waals surface area contributed by atoms with Crippen molar-refractivity contribution in [2.24, 2.45) is 21.6 Å². The number of aliphatic imine (C=N–C) groups is 2. The van der Waals surface area contributed by atoms with Gasteiger partial charge in [-0.1, -0.05) is 40.5 Å². The maximum Gasteiger partial charge on any atom is 0.254 e. The van der Waals surface area contributed by atoms with Crippen molar-refractivity contribution in [2.75, 3.05) is 6.61 Å². The summed E-state index contributed by atoms with van der Waals surface area (Å²) in [7, 11) is 0. The van der Waals surface area contributed by atoms with Crippen LogP contribution in [0, 0.1) is 11.7 Å². The highest BCUT2D eigenvalue weighted by Crippen LogP contribution is 2.35. The Morgan fingerprint density at radius 1 is 1.31 bits per heavy atom. The minimum atomic E-state index is -1.01. The molecule has 0 saturated heterocycles. The summed E-state index contributed by atoms with van der Waals surface area (Å²) in [5.41, 5.74) is 7.10. The molecular weight excluding hydrogens is 515 g/mol. The number of hydrogen-bond donors (Lipinski definition) is 4. The standard InChI is InChI=1S/C26H30BrFN4O3/c1-26(25(29)30-13-22(32-26)16-5-3-7-19(34)11-16)17-8-9-20(21(28)12-17)24(35)31-23(14-33)15-4-2-6-18(27)10-15/h2,4,6,8-10,12-13,16,19,23,25,33-34H,3,5,7,11,14,29H2,1H3,(H,31,35)/t16?,19?,23-,25?,26?/m1/s1. The maximum absolute atomic E-state index is 15.2. The number of amides is 1. The van der Waals surface area contributed by atoms with Crippen LogP contribution in [0.15, 0.2) is 56.9 Å². The van der Waals surface area contributed by atoms with Crippen LogP contribution >= 0.6 is 15.9 Å². The molecule has 5 N–H and O–H groups in total. The molecule has 0 spiro atoms. The third-order valence-corrected chi connectivity index (χ3v) is 7.40. The van der Waals surface area contributed by atoms with Crippen LogP contribution < -0.4 is 11.1 Å². The molecule has 2 aromatic rings. The van der Waals surface area contributed by atoms with Crippen LogP contribution in [0.4, 0.5) is 4.39 Å². The Labute approximate surface area is 212 Å². The van der Waals surface area contributed by atoms with E-state index in [0.717, 1.165) is 29.4 Å². The van der Waals surface area contributed by atoms with E-state index in [4.69, 9.17) is 10.7 Å². The Morgan fingerprint density at radius 2 is 2.11 bits per heavy atom. The molecule has 5 atom stereocenters. The molecule has 2 aromatic carbocycles. The Bertz CT molecular complexity index is 1160. The fourth-order valence-corrected chi connectivity index (χ4v) is 5.15. The van der Waals surface area contributed by atoms with E-state index in [1.807, 2.05) is 6.07 Å². The van der Waals surface area contributed by atoms with E-state index >= 15 is 4.39 Å². The van der Waals surface area contributed by atoms with Gasteiger partial charge in [-0.05, 0) is 61.6 Å². The summed E-state index contributed by atoms with van der Waals surface area (Å²) < 4.78 is 16.0. The minimum Gasteiger partial charge on any atom is -0.394 e. The molecule has 1 amide bonds. The quantitative estimate of drug-likeness (QED) is 0.443. The van der Waals surface area contributed by atoms with Gasteiger partial charge in [0, 0.05) is 16.6 Å². The fourth-order valence-electron chi connectivity index (χ4n) is 4.74. The van der Waals surface area contributed by atoms with Gasteiger partial charge in [0.05, 0.1) is 30.0 Å². The van der Waals surface area contributed by atoms with Crippen LogP contribution in [-0.2, 0) is 5.54 Å². The molecule has 4 rings (SSSR count). The van der Waals surface area contributed by atoms with E-state index in [2.05, 4.69) is 26.2 Å². The Morgan fingerprint density at radius 3 is 2.80 bits per heavy atom. The average molecular weight is 545 g/mol. The zero-order valence-corrected chi connectivity index (χ0v) is 21.1. The summed E-state index contributed by atoms with van der Waals surface area (Å²) in [4.78, 5) is 22.1. The molecule has 186 valence electrons. The Hall–Kier alpha value is -2.46. The highest BCUT2D eigenvalue weighted by molar-refractivity contribution is 9.10. The lowest BCUT2D eigenvalue weighted by atomic mass is 9.82. The highest BCUT2D eigenvalue weighted by Gasteiger charge is 2.38. The molecule has 35 heavy (non-hydrogen) atoms. The second-order valence-electron chi connectivity index (χ2n) is 9.38. The first-order valence-electron chi connectivity index (χ1n) is 11.7. The van der Waals surface area contributed by atoms with E-state index in [0.29, 0.717) is 17.5 Å². The number of rotatable bonds is 6. The van der Waals surface area contributed by atoms with Crippen LogP contribution in [-0.4, -0.2) is 46.9 Å². The van der Waals surface area contributed by atoms with Crippen LogP contribution in [0.5, 0.6) is 0 Å². The van der Waals surface area contributed by atoms with Gasteiger partial charge in [-0.15, -0.1) is 0 Å². The summed E-state index contributed by atoms with van der Waals surface area (Å²) in [5, 5.41) is 22.5. The van der Waals surface area contributed by atoms with Crippen molar-refractivity contribution in [1.29, 1.82) is 0 Å². The molecule has 1 fully saturated rings. The predicted molar refractivity (Wildman–Crippen MR) is 137 cm³/mol. The first-order chi connectivity index (χ1) is 16.7. The number of carbonyl (C=O) groups is 1. The molecule has 1 aliphatic heterocycles. The van der Waals surface area contributed by atoms with Crippen molar-refractivity contribution >= 4 is 33.8 Å². The summed E-state index contributed by atoms with van der Waals surface area (Å²) >= 11 is 3.37. The lowest BCUT2D eigenvalue weighted by Crippen LogP contribution is -2.45. The molecule has 0 aromatic heterocycles. The molecule has 1 aliphatic carbocycles. The zero-order chi connectivity index (χ0) is 25.2. The van der Waals surface area contributed by atoms with Gasteiger partial charge in [0.25, 0.3) is 5.91 Å². The van der Waals surface area contributed by atoms with Gasteiger partial charge in [0.1, 0.15) is 17.5 Å². The molecular formula is C26H30BrFN4O3. The van der Waals surface area contributed by atoms with Crippen molar-refractivity contribution in [1.82, 2.24) is 5.32 Å². The van der Waals surface area contributed by atoms with E-state index in [1.54, 1.807) is 37.4 Å². The van der Waals surface area contributed by atoms with Crippen LogP contribution in [0.25, 0.3) is 0 Å². The molecule has 2 aliphatic rings. The molecule has 1 saturated carbocycles. The average Bonchev–Trinajstić information content (AvgIpc) is 2.84. The molecule has 9 heteroatoms. The van der Waals surface area contributed by atoms with Gasteiger partial charge in [-0.25, -0.2) is 4.39 Å². The third kappa shape index (κ3) is 5.53. The number of carbonyl (C=O) groups excluding carboxylic acids is 1. The number of nitrogens with two attached hydrogens (primary N) is 1. The lowest BCUT2D eigenvalue weighted by molar-refractivity contribution is 0.0912. The van der Waals surface area contributed by atoms with E-state index in [9.17, 15) is 15.0 Å². The topological polar surface area (TPSA) is 120 Å². The van der Waals surface area contributed by atoms with Crippen LogP contribution in [0.2, 0.25) is 0 Å². The van der Waals surface area contributed by atoms with Gasteiger partial charge in [-0.2, -0.15) is 0 Å². The first-order valence-corrected chi connectivity index (χ1v) is 12.5. The molecule has 0 bridgehead atoms. The molecule has 1 heterocycles. The van der Waals surface area contributed by atoms with Crippen LogP contribution in [0.1, 0.15) is 60.1 Å². The van der Waals surface area contributed by atoms with Gasteiger partial charge >= 0.3 is 0 Å². The van der Waals surface area contributed by atoms with Gasteiger partial charge in [0.15, 0.2) is 0 Å². The Kier molecular flexibility index (Phi) is 7.80. The van der Waals surface area contributed by atoms with Crippen molar-refractivity contribution in [3.63, 3.8) is 0 Å². The predicted octanol–water partition coefficient (Wildman–Crippen LogP) is 3.63. The number of hydrogen-bond acceptors (Lipinski definition) is 6. The summed E-state index contributed by atoms with van der Waals surface area (Å²) in [6.07, 6.45) is 3.82. The van der Waals surface area contributed by atoms with Crippen molar-refractivity contribution < 1.29 is 19.4 Å². The number of benzene rings is 2. The highest BCUT2D eigenvalue weighted by atomic mass is 79.9. The van der Waals surface area contributed by atoms with Crippen LogP contribution in [0.3, 0.4) is 0 Å². The zero-order valence-electron chi connectivity index (χ0n) is 19.5. The minimum absolute atomic E-state index is 0.0812. The summed E-state index contributed by atoms with van der Waals surface area (Å²) in [6, 6.07) is 10.8. The molecule has 4 unspecified atom stereocenters. The van der Waals surface area contributed by atoms with E-state index in [1.165, 1.54) is 12.1 Å². The monoisotopic (exact) mass is 544 g/mol. The summed E-state index contributed by atoms with van der Waals surface area (Å²) in [6.45, 7) is 1.47. The smallest absolute Gasteiger partial charge is 0.254 e. The first kappa shape index (κ1) is 25.6. The SMILES string of the molecule is CC1(c2ccc(C(=O)N[C@H](CO)c3cccc(Br)c3)c(F)c2)N=C(C2CCCC(O)C2)C=NC1N. The van der Waals surface area contributed by atoms with Gasteiger partial charge < -0.3 is 21.3 Å². The van der Waals surface area contributed by atoms with Crippen molar-refractivity contribution in [3.05, 3.63) is 69.4 Å². The number of nitrogens with zero attached hydrogens (tertiary/aromatic N) is 2. The second kappa shape index (κ2) is 10.7. The van der Waals surface area contributed by atoms with Crippen molar-refractivity contribution in [2.45, 2.75) is 56.5 Å². The van der Waals surface area contributed by atoms with E-state index in [-0.39, 0.29) is 24.2 Å². The largest absolute Gasteiger partial charge is 0.394 e. The number of aliphatic hydroxyl groups excluding tert-OH is 2. The number of halogens is 2. The lowest BCUT2D eigenvalue weighted by Gasteiger charge is -2.36. The van der Waals surface area contributed by atoms with Gasteiger partial charge in [0.2, 0.25) is 0 Å². The fraction of sp³-hybridized carbons (Fsp3) is 0.423. The number of nitrogens with one attached hydrogen (secondary N) is 1. The maximum atomic E-state index is 15.2. The van der Waals surface area contributed by atoms with Gasteiger partial charge in [-0.3, -0.25) is 14.8 Å². The molecule has 7 nitrogen and oxygen atoms in total. The van der Waals surface area contributed by atoms with Crippen molar-refractivity contribution in [3.8, 4) is 0 Å². The second-order valence-corrected chi connectivity index (χ2v) is 10.3. The normalized spacial score (nSPS) is 27.3. The molecule has 0 radical (unpaired) electrons. The third-order valence-electron chi connectivity index (χ3n) is 6.91. The van der Waals surface area contributed by atoms with E-state index < -0.39 is 29.5 Å². The summed E-state index contributed by atoms with van der Waals surface area (Å²) in [5.74, 6) is -1.26. The number of aliphatic hydroxyl groups is 2.